The van der Waals surface area contributed by atoms with Crippen LogP contribution in [0.3, 0.4) is 0 Å². The quantitative estimate of drug-likeness (QED) is 0.769. The molecule has 7 heteroatoms. The van der Waals surface area contributed by atoms with Crippen molar-refractivity contribution in [2.75, 3.05) is 33.0 Å². The van der Waals surface area contributed by atoms with Gasteiger partial charge in [-0.25, -0.2) is 0 Å². The summed E-state index contributed by atoms with van der Waals surface area (Å²) in [5, 5.41) is 2.89. The van der Waals surface area contributed by atoms with Crippen LogP contribution in [0.2, 0.25) is 0 Å². The van der Waals surface area contributed by atoms with E-state index in [4.69, 9.17) is 19.9 Å². The first-order valence-corrected chi connectivity index (χ1v) is 7.30. The van der Waals surface area contributed by atoms with Gasteiger partial charge in [0.25, 0.3) is 0 Å². The Morgan fingerprint density at radius 3 is 2.67 bits per heavy atom. The number of nitrogens with two attached hydrogens (primary N) is 1. The third-order valence-corrected chi connectivity index (χ3v) is 4.61. The summed E-state index contributed by atoms with van der Waals surface area (Å²) in [5.41, 5.74) is 5.06. The number of carbonyl (C=O) groups is 1. The van der Waals surface area contributed by atoms with Crippen molar-refractivity contribution in [1.29, 1.82) is 0 Å². The second-order valence-electron chi connectivity index (χ2n) is 6.12. The minimum atomic E-state index is -0.873. The van der Waals surface area contributed by atoms with E-state index < -0.39 is 5.54 Å². The molecule has 1 aliphatic heterocycles. The van der Waals surface area contributed by atoms with Gasteiger partial charge in [-0.05, 0) is 6.92 Å². The van der Waals surface area contributed by atoms with Crippen LogP contribution in [0.25, 0.3) is 0 Å². The fourth-order valence-electron chi connectivity index (χ4n) is 2.84. The van der Waals surface area contributed by atoms with Gasteiger partial charge in [0.2, 0.25) is 5.91 Å². The lowest BCUT2D eigenvalue weighted by Crippen LogP contribution is -2.76. The Bertz CT molecular complexity index is 361. The molecule has 1 saturated carbocycles. The standard InChI is InChI=1S/C14H26N2O4.ClH/c1-4-19-11-7-14(15,13(11,2)3)12(17)16-8-10-9-18-5-6-20-10;/h10-11H,4-9,15H2,1-3H3,(H,16,17);1H. The number of carbonyl (C=O) groups excluding carboxylic acids is 1. The van der Waals surface area contributed by atoms with E-state index in [9.17, 15) is 4.79 Å². The Hall–Kier alpha value is -0.400. The second kappa shape index (κ2) is 7.24. The molecule has 21 heavy (non-hydrogen) atoms. The second-order valence-corrected chi connectivity index (χ2v) is 6.12. The van der Waals surface area contributed by atoms with Gasteiger partial charge in [0.05, 0.1) is 32.0 Å². The highest BCUT2D eigenvalue weighted by Gasteiger charge is 2.62. The minimum Gasteiger partial charge on any atom is -0.378 e. The molecule has 2 rings (SSSR count). The van der Waals surface area contributed by atoms with Crippen LogP contribution < -0.4 is 11.1 Å². The zero-order valence-corrected chi connectivity index (χ0v) is 13.8. The molecule has 3 N–H and O–H groups in total. The fourth-order valence-corrected chi connectivity index (χ4v) is 2.84. The number of amides is 1. The molecule has 1 saturated heterocycles. The maximum atomic E-state index is 12.4. The van der Waals surface area contributed by atoms with E-state index in [0.29, 0.717) is 39.4 Å². The van der Waals surface area contributed by atoms with Crippen LogP contribution in [-0.2, 0) is 19.0 Å². The zero-order valence-electron chi connectivity index (χ0n) is 13.0. The molecule has 3 unspecified atom stereocenters. The maximum Gasteiger partial charge on any atom is 0.240 e. The normalized spacial score (nSPS) is 34.5. The number of nitrogens with one attached hydrogen (secondary N) is 1. The Morgan fingerprint density at radius 1 is 1.43 bits per heavy atom. The van der Waals surface area contributed by atoms with E-state index >= 15 is 0 Å². The molecular formula is C14H27ClN2O4. The van der Waals surface area contributed by atoms with Crippen molar-refractivity contribution in [3.8, 4) is 0 Å². The van der Waals surface area contributed by atoms with Gasteiger partial charge in [-0.3, -0.25) is 4.79 Å². The SMILES string of the molecule is CCOC1CC(N)(C(=O)NCC2COCCO2)C1(C)C.Cl. The van der Waals surface area contributed by atoms with E-state index in [1.54, 1.807) is 0 Å². The van der Waals surface area contributed by atoms with Gasteiger partial charge in [-0.15, -0.1) is 12.4 Å². The van der Waals surface area contributed by atoms with Crippen LogP contribution in [-0.4, -0.2) is 56.6 Å². The van der Waals surface area contributed by atoms with Crippen LogP contribution in [0, 0.1) is 5.41 Å². The summed E-state index contributed by atoms with van der Waals surface area (Å²) in [6.45, 7) is 8.70. The third kappa shape index (κ3) is 3.51. The summed E-state index contributed by atoms with van der Waals surface area (Å²) in [6, 6.07) is 0. The van der Waals surface area contributed by atoms with Crippen LogP contribution in [0.4, 0.5) is 0 Å². The summed E-state index contributed by atoms with van der Waals surface area (Å²) in [4.78, 5) is 12.4. The Balaban J connectivity index is 0.00000220. The number of ether oxygens (including phenoxy) is 3. The molecular weight excluding hydrogens is 296 g/mol. The van der Waals surface area contributed by atoms with Crippen LogP contribution in [0.5, 0.6) is 0 Å². The summed E-state index contributed by atoms with van der Waals surface area (Å²) in [7, 11) is 0. The molecule has 3 atom stereocenters. The molecule has 2 fully saturated rings. The van der Waals surface area contributed by atoms with Crippen molar-refractivity contribution in [3.63, 3.8) is 0 Å². The molecule has 124 valence electrons. The molecule has 6 nitrogen and oxygen atoms in total. The molecule has 0 aromatic rings. The minimum absolute atomic E-state index is 0. The molecule has 0 aromatic heterocycles. The molecule has 0 spiro atoms. The monoisotopic (exact) mass is 322 g/mol. The van der Waals surface area contributed by atoms with Crippen molar-refractivity contribution in [2.45, 2.75) is 44.9 Å². The summed E-state index contributed by atoms with van der Waals surface area (Å²) in [5.74, 6) is -0.132. The largest absolute Gasteiger partial charge is 0.378 e. The predicted octanol–water partition coefficient (Wildman–Crippen LogP) is 0.472. The molecule has 2 aliphatic rings. The number of halogens is 1. The average molecular weight is 323 g/mol. The zero-order chi connectivity index (χ0) is 14.8. The van der Waals surface area contributed by atoms with Gasteiger partial charge in [0, 0.05) is 25.0 Å². The first-order chi connectivity index (χ1) is 9.41. The highest BCUT2D eigenvalue weighted by molar-refractivity contribution is 5.88. The molecule has 0 radical (unpaired) electrons. The van der Waals surface area contributed by atoms with Gasteiger partial charge in [-0.2, -0.15) is 0 Å². The Kier molecular flexibility index (Phi) is 6.43. The fraction of sp³-hybridized carbons (Fsp3) is 0.929. The van der Waals surface area contributed by atoms with E-state index in [0.717, 1.165) is 0 Å². The topological polar surface area (TPSA) is 82.8 Å². The Morgan fingerprint density at radius 2 is 2.14 bits per heavy atom. The predicted molar refractivity (Wildman–Crippen MR) is 81.5 cm³/mol. The van der Waals surface area contributed by atoms with Crippen molar-refractivity contribution in [3.05, 3.63) is 0 Å². The van der Waals surface area contributed by atoms with Gasteiger partial charge in [0.15, 0.2) is 0 Å². The molecule has 0 aromatic carbocycles. The van der Waals surface area contributed by atoms with Crippen molar-refractivity contribution >= 4 is 18.3 Å². The van der Waals surface area contributed by atoms with Gasteiger partial charge in [0.1, 0.15) is 5.54 Å². The van der Waals surface area contributed by atoms with Crippen LogP contribution in [0.1, 0.15) is 27.2 Å². The highest BCUT2D eigenvalue weighted by atomic mass is 35.5. The van der Waals surface area contributed by atoms with Crippen LogP contribution in [0.15, 0.2) is 0 Å². The van der Waals surface area contributed by atoms with E-state index in [1.165, 1.54) is 0 Å². The highest BCUT2D eigenvalue weighted by Crippen LogP contribution is 2.49. The maximum absolute atomic E-state index is 12.4. The lowest BCUT2D eigenvalue weighted by atomic mass is 9.54. The number of hydrogen-bond acceptors (Lipinski definition) is 5. The summed E-state index contributed by atoms with van der Waals surface area (Å²) in [6.07, 6.45) is 0.515. The summed E-state index contributed by atoms with van der Waals surface area (Å²) < 4.78 is 16.4. The van der Waals surface area contributed by atoms with Crippen molar-refractivity contribution in [1.82, 2.24) is 5.32 Å². The van der Waals surface area contributed by atoms with Gasteiger partial charge in [-0.1, -0.05) is 13.8 Å². The Labute approximate surface area is 132 Å². The first kappa shape index (κ1) is 18.6. The lowest BCUT2D eigenvalue weighted by molar-refractivity contribution is -0.171. The average Bonchev–Trinajstić information content (AvgIpc) is 2.45. The van der Waals surface area contributed by atoms with Gasteiger partial charge >= 0.3 is 0 Å². The third-order valence-electron chi connectivity index (χ3n) is 4.61. The van der Waals surface area contributed by atoms with Crippen molar-refractivity contribution in [2.24, 2.45) is 11.1 Å². The van der Waals surface area contributed by atoms with E-state index in [1.807, 2.05) is 20.8 Å². The summed E-state index contributed by atoms with van der Waals surface area (Å²) >= 11 is 0. The smallest absolute Gasteiger partial charge is 0.240 e. The molecule has 0 bridgehead atoms. The molecule has 1 aliphatic carbocycles. The van der Waals surface area contributed by atoms with E-state index in [2.05, 4.69) is 5.32 Å². The first-order valence-electron chi connectivity index (χ1n) is 7.30. The molecule has 1 amide bonds. The van der Waals surface area contributed by atoms with E-state index in [-0.39, 0.29) is 35.9 Å². The van der Waals surface area contributed by atoms with Crippen LogP contribution >= 0.6 is 12.4 Å². The molecule has 1 heterocycles. The lowest BCUT2D eigenvalue weighted by Gasteiger charge is -2.57. The van der Waals surface area contributed by atoms with Crippen molar-refractivity contribution < 1.29 is 19.0 Å². The van der Waals surface area contributed by atoms with Gasteiger partial charge < -0.3 is 25.3 Å². The number of rotatable bonds is 5. The number of hydrogen-bond donors (Lipinski definition) is 2.